The molecule has 0 aliphatic carbocycles. The van der Waals surface area contributed by atoms with E-state index in [1.165, 1.54) is 10.4 Å². The summed E-state index contributed by atoms with van der Waals surface area (Å²) < 4.78 is 7.06. The van der Waals surface area contributed by atoms with Crippen LogP contribution in [0.2, 0.25) is 0 Å². The van der Waals surface area contributed by atoms with E-state index in [-0.39, 0.29) is 12.1 Å². The lowest BCUT2D eigenvalue weighted by Gasteiger charge is -2.22. The van der Waals surface area contributed by atoms with E-state index in [0.29, 0.717) is 0 Å². The third-order valence-corrected chi connectivity index (χ3v) is 4.32. The van der Waals surface area contributed by atoms with Gasteiger partial charge >= 0.3 is 0 Å². The molecule has 0 bridgehead atoms. The molecule has 0 amide bonds. The zero-order chi connectivity index (χ0) is 13.1. The van der Waals surface area contributed by atoms with Crippen LogP contribution < -0.4 is 10.5 Å². The molecule has 2 aromatic rings. The molecule has 0 fully saturated rings. The van der Waals surface area contributed by atoms with Crippen LogP contribution in [0.1, 0.15) is 23.5 Å². The molecule has 1 aromatic carbocycles. The molecule has 0 aliphatic rings. The van der Waals surface area contributed by atoms with Gasteiger partial charge < -0.3 is 10.5 Å². The van der Waals surface area contributed by atoms with Crippen molar-refractivity contribution in [2.45, 2.75) is 26.0 Å². The molecule has 2 rings (SSSR count). The summed E-state index contributed by atoms with van der Waals surface area (Å²) >= 11 is 5.11. The second-order valence-electron chi connectivity index (χ2n) is 4.32. The van der Waals surface area contributed by atoms with Crippen molar-refractivity contribution in [2.75, 3.05) is 0 Å². The van der Waals surface area contributed by atoms with Crippen LogP contribution in [0.5, 0.6) is 5.75 Å². The fourth-order valence-corrected chi connectivity index (χ4v) is 3.07. The number of thiophene rings is 1. The Morgan fingerprint density at radius 2 is 1.89 bits per heavy atom. The highest BCUT2D eigenvalue weighted by Gasteiger charge is 2.21. The van der Waals surface area contributed by atoms with E-state index < -0.39 is 0 Å². The van der Waals surface area contributed by atoms with Gasteiger partial charge in [-0.05, 0) is 55.1 Å². The summed E-state index contributed by atoms with van der Waals surface area (Å²) in [6.07, 6.45) is -0.0915. The highest BCUT2D eigenvalue weighted by molar-refractivity contribution is 9.10. The zero-order valence-electron chi connectivity index (χ0n) is 10.4. The van der Waals surface area contributed by atoms with E-state index in [2.05, 4.69) is 34.3 Å². The topological polar surface area (TPSA) is 35.2 Å². The minimum absolute atomic E-state index is 0.0500. The molecule has 2 N–H and O–H groups in total. The molecule has 4 heteroatoms. The molecule has 2 nitrogen and oxygen atoms in total. The quantitative estimate of drug-likeness (QED) is 0.910. The average molecular weight is 326 g/mol. The van der Waals surface area contributed by atoms with Crippen LogP contribution in [-0.2, 0) is 0 Å². The van der Waals surface area contributed by atoms with Crippen LogP contribution in [0.3, 0.4) is 0 Å². The standard InChI is InChI=1S/C14H16BrNOS/c1-9-7-8-18-14(9)13(10(2)16)17-12-5-3-11(15)4-6-12/h3-8,10,13H,16H2,1-2H3. The molecule has 1 aromatic heterocycles. The van der Waals surface area contributed by atoms with Crippen LogP contribution in [0.25, 0.3) is 0 Å². The van der Waals surface area contributed by atoms with Crippen molar-refractivity contribution in [3.63, 3.8) is 0 Å². The van der Waals surface area contributed by atoms with E-state index in [1.807, 2.05) is 31.2 Å². The minimum atomic E-state index is -0.0915. The van der Waals surface area contributed by atoms with Crippen LogP contribution in [-0.4, -0.2) is 6.04 Å². The van der Waals surface area contributed by atoms with E-state index in [0.717, 1.165) is 10.2 Å². The normalized spacial score (nSPS) is 14.2. The Labute approximate surface area is 120 Å². The Bertz CT molecular complexity index is 507. The SMILES string of the molecule is Cc1ccsc1C(Oc1ccc(Br)cc1)C(C)N. The van der Waals surface area contributed by atoms with Crippen molar-refractivity contribution in [1.29, 1.82) is 0 Å². The first-order chi connectivity index (χ1) is 8.58. The van der Waals surface area contributed by atoms with Crippen molar-refractivity contribution in [1.82, 2.24) is 0 Å². The molecule has 2 atom stereocenters. The molecule has 2 unspecified atom stereocenters. The zero-order valence-corrected chi connectivity index (χ0v) is 12.8. The van der Waals surface area contributed by atoms with Crippen LogP contribution in [0.4, 0.5) is 0 Å². The summed E-state index contributed by atoms with van der Waals surface area (Å²) in [4.78, 5) is 1.20. The Morgan fingerprint density at radius 3 is 2.39 bits per heavy atom. The fourth-order valence-electron chi connectivity index (χ4n) is 1.74. The van der Waals surface area contributed by atoms with Crippen molar-refractivity contribution in [3.8, 4) is 5.75 Å². The van der Waals surface area contributed by atoms with Crippen molar-refractivity contribution >= 4 is 27.3 Å². The summed E-state index contributed by atoms with van der Waals surface area (Å²) in [5, 5.41) is 2.07. The third kappa shape index (κ3) is 3.13. The number of rotatable bonds is 4. The van der Waals surface area contributed by atoms with Gasteiger partial charge in [-0.15, -0.1) is 11.3 Å². The van der Waals surface area contributed by atoms with E-state index in [9.17, 15) is 0 Å². The van der Waals surface area contributed by atoms with Gasteiger partial charge in [-0.1, -0.05) is 15.9 Å². The maximum absolute atomic E-state index is 6.05. The Kier molecular flexibility index (Phi) is 4.43. The van der Waals surface area contributed by atoms with Crippen LogP contribution in [0, 0.1) is 6.92 Å². The van der Waals surface area contributed by atoms with Crippen LogP contribution >= 0.6 is 27.3 Å². The smallest absolute Gasteiger partial charge is 0.148 e. The summed E-state index contributed by atoms with van der Waals surface area (Å²) in [6.45, 7) is 4.06. The number of benzene rings is 1. The second-order valence-corrected chi connectivity index (χ2v) is 6.18. The first kappa shape index (κ1) is 13.6. The fraction of sp³-hybridized carbons (Fsp3) is 0.286. The maximum atomic E-state index is 6.05. The Hall–Kier alpha value is -0.840. The first-order valence-corrected chi connectivity index (χ1v) is 7.47. The molecule has 0 saturated heterocycles. The summed E-state index contributed by atoms with van der Waals surface area (Å²) in [6, 6.07) is 9.88. The second kappa shape index (κ2) is 5.87. The number of nitrogens with two attached hydrogens (primary N) is 1. The molecule has 0 spiro atoms. The van der Waals surface area contributed by atoms with Gasteiger partial charge in [0.25, 0.3) is 0 Å². The third-order valence-electron chi connectivity index (χ3n) is 2.71. The van der Waals surface area contributed by atoms with Gasteiger partial charge in [0, 0.05) is 15.4 Å². The van der Waals surface area contributed by atoms with Crippen molar-refractivity contribution in [3.05, 3.63) is 50.6 Å². The van der Waals surface area contributed by atoms with Gasteiger partial charge in [0.15, 0.2) is 0 Å². The molecule has 96 valence electrons. The van der Waals surface area contributed by atoms with Gasteiger partial charge in [-0.2, -0.15) is 0 Å². The lowest BCUT2D eigenvalue weighted by atomic mass is 10.1. The number of halogens is 1. The predicted octanol–water partition coefficient (Wildman–Crippen LogP) is 4.29. The summed E-state index contributed by atoms with van der Waals surface area (Å²) in [5.74, 6) is 0.841. The highest BCUT2D eigenvalue weighted by Crippen LogP contribution is 2.30. The van der Waals surface area contributed by atoms with E-state index in [1.54, 1.807) is 11.3 Å². The number of hydrogen-bond donors (Lipinski definition) is 1. The number of ether oxygens (including phenoxy) is 1. The van der Waals surface area contributed by atoms with Gasteiger partial charge in [-0.25, -0.2) is 0 Å². The molecule has 18 heavy (non-hydrogen) atoms. The van der Waals surface area contributed by atoms with Gasteiger partial charge in [0.1, 0.15) is 11.9 Å². The van der Waals surface area contributed by atoms with Crippen molar-refractivity contribution in [2.24, 2.45) is 5.73 Å². The number of aryl methyl sites for hydroxylation is 1. The summed E-state index contributed by atoms with van der Waals surface area (Å²) in [5.41, 5.74) is 7.28. The molecular weight excluding hydrogens is 310 g/mol. The van der Waals surface area contributed by atoms with E-state index >= 15 is 0 Å². The van der Waals surface area contributed by atoms with Crippen LogP contribution in [0.15, 0.2) is 40.2 Å². The monoisotopic (exact) mass is 325 g/mol. The van der Waals surface area contributed by atoms with Gasteiger partial charge in [-0.3, -0.25) is 0 Å². The van der Waals surface area contributed by atoms with Crippen molar-refractivity contribution < 1.29 is 4.74 Å². The molecule has 0 saturated carbocycles. The lowest BCUT2D eigenvalue weighted by Crippen LogP contribution is -2.28. The largest absolute Gasteiger partial charge is 0.483 e. The Balaban J connectivity index is 2.22. The number of hydrogen-bond acceptors (Lipinski definition) is 3. The minimum Gasteiger partial charge on any atom is -0.483 e. The Morgan fingerprint density at radius 1 is 1.22 bits per heavy atom. The van der Waals surface area contributed by atoms with Gasteiger partial charge in [0.2, 0.25) is 0 Å². The van der Waals surface area contributed by atoms with E-state index in [4.69, 9.17) is 10.5 Å². The van der Waals surface area contributed by atoms with Gasteiger partial charge in [0.05, 0.1) is 0 Å². The molecular formula is C14H16BrNOS. The molecule has 0 aliphatic heterocycles. The summed E-state index contributed by atoms with van der Waals surface area (Å²) in [7, 11) is 0. The molecule has 1 heterocycles. The maximum Gasteiger partial charge on any atom is 0.148 e. The highest BCUT2D eigenvalue weighted by atomic mass is 79.9. The predicted molar refractivity (Wildman–Crippen MR) is 80.2 cm³/mol. The first-order valence-electron chi connectivity index (χ1n) is 5.79. The molecule has 0 radical (unpaired) electrons. The average Bonchev–Trinajstić information content (AvgIpc) is 2.74. The lowest BCUT2D eigenvalue weighted by molar-refractivity contribution is 0.183.